The maximum Gasteiger partial charge on any atom is 0.230 e. The molecule has 0 spiro atoms. The summed E-state index contributed by atoms with van der Waals surface area (Å²) in [6.07, 6.45) is 9.04. The van der Waals surface area contributed by atoms with Crippen LogP contribution in [0, 0.1) is 5.41 Å². The minimum atomic E-state index is -0.229. The molecule has 4 heteroatoms. The lowest BCUT2D eigenvalue weighted by atomic mass is 9.86. The molecule has 2 aromatic rings. The molecule has 0 radical (unpaired) electrons. The SMILES string of the molecule is CN(C(=O)C1(Cn2cccn2)CC1)C1CCCc2ccccc21. The van der Waals surface area contributed by atoms with Gasteiger partial charge in [0.15, 0.2) is 0 Å². The standard InChI is InChI=1S/C19H23N3O/c1-21(17-9-4-7-15-6-2-3-8-16(15)17)18(23)19(10-11-19)14-22-13-5-12-20-22/h2-3,5-6,8,12-13,17H,4,7,9-11,14H2,1H3. The van der Waals surface area contributed by atoms with Gasteiger partial charge in [0.05, 0.1) is 18.0 Å². The normalized spacial score (nSPS) is 21.5. The van der Waals surface area contributed by atoms with Gasteiger partial charge in [0.25, 0.3) is 0 Å². The molecule has 23 heavy (non-hydrogen) atoms. The Morgan fingerprint density at radius 2 is 2.17 bits per heavy atom. The first-order valence-electron chi connectivity index (χ1n) is 8.52. The summed E-state index contributed by atoms with van der Waals surface area (Å²) in [5, 5.41) is 4.28. The zero-order chi connectivity index (χ0) is 15.9. The Balaban J connectivity index is 1.55. The van der Waals surface area contributed by atoms with Crippen LogP contribution >= 0.6 is 0 Å². The summed E-state index contributed by atoms with van der Waals surface area (Å²) in [7, 11) is 1.98. The molecule has 0 N–H and O–H groups in total. The van der Waals surface area contributed by atoms with E-state index in [0.717, 1.165) is 32.1 Å². The number of benzene rings is 1. The first-order chi connectivity index (χ1) is 11.2. The van der Waals surface area contributed by atoms with Crippen molar-refractivity contribution in [2.24, 2.45) is 5.41 Å². The van der Waals surface area contributed by atoms with E-state index in [0.29, 0.717) is 6.54 Å². The molecule has 1 atom stereocenters. The molecule has 1 fully saturated rings. The Hall–Kier alpha value is -2.10. The third-order valence-electron chi connectivity index (χ3n) is 5.46. The van der Waals surface area contributed by atoms with Gasteiger partial charge >= 0.3 is 0 Å². The second kappa shape index (κ2) is 5.52. The highest BCUT2D eigenvalue weighted by Gasteiger charge is 2.52. The summed E-state index contributed by atoms with van der Waals surface area (Å²) in [4.78, 5) is 15.2. The van der Waals surface area contributed by atoms with E-state index in [4.69, 9.17) is 0 Å². The highest BCUT2D eigenvalue weighted by atomic mass is 16.2. The van der Waals surface area contributed by atoms with Crippen LogP contribution in [0.25, 0.3) is 0 Å². The fraction of sp³-hybridized carbons (Fsp3) is 0.474. The van der Waals surface area contributed by atoms with Gasteiger partial charge in [-0.1, -0.05) is 24.3 Å². The van der Waals surface area contributed by atoms with Crippen LogP contribution in [-0.4, -0.2) is 27.6 Å². The van der Waals surface area contributed by atoms with Gasteiger partial charge in [0, 0.05) is 19.4 Å². The van der Waals surface area contributed by atoms with Gasteiger partial charge in [-0.15, -0.1) is 0 Å². The molecule has 2 aliphatic carbocycles. The minimum Gasteiger partial charge on any atom is -0.338 e. The molecule has 1 saturated carbocycles. The second-order valence-electron chi connectivity index (χ2n) is 7.01. The van der Waals surface area contributed by atoms with Crippen molar-refractivity contribution in [3.63, 3.8) is 0 Å². The fourth-order valence-corrected chi connectivity index (χ4v) is 3.94. The van der Waals surface area contributed by atoms with E-state index in [1.165, 1.54) is 11.1 Å². The van der Waals surface area contributed by atoms with Gasteiger partial charge < -0.3 is 4.90 Å². The lowest BCUT2D eigenvalue weighted by Crippen LogP contribution is -2.40. The number of rotatable bonds is 4. The molecular weight excluding hydrogens is 286 g/mol. The number of carbonyl (C=O) groups excluding carboxylic acids is 1. The number of hydrogen-bond acceptors (Lipinski definition) is 2. The van der Waals surface area contributed by atoms with Crippen LogP contribution in [0.2, 0.25) is 0 Å². The third kappa shape index (κ3) is 2.56. The van der Waals surface area contributed by atoms with Crippen molar-refractivity contribution >= 4 is 5.91 Å². The Labute approximate surface area is 137 Å². The average molecular weight is 309 g/mol. The largest absolute Gasteiger partial charge is 0.338 e. The van der Waals surface area contributed by atoms with Crippen LogP contribution < -0.4 is 0 Å². The van der Waals surface area contributed by atoms with E-state index in [-0.39, 0.29) is 17.4 Å². The van der Waals surface area contributed by atoms with Crippen molar-refractivity contribution in [3.05, 3.63) is 53.9 Å². The summed E-state index contributed by atoms with van der Waals surface area (Å²) >= 11 is 0. The summed E-state index contributed by atoms with van der Waals surface area (Å²) in [6.45, 7) is 0.706. The zero-order valence-corrected chi connectivity index (χ0v) is 13.6. The Morgan fingerprint density at radius 1 is 1.35 bits per heavy atom. The molecule has 1 heterocycles. The molecule has 4 nitrogen and oxygen atoms in total. The second-order valence-corrected chi connectivity index (χ2v) is 7.01. The molecule has 120 valence electrons. The van der Waals surface area contributed by atoms with Gasteiger partial charge in [0.2, 0.25) is 5.91 Å². The molecule has 1 aromatic heterocycles. The lowest BCUT2D eigenvalue weighted by Gasteiger charge is -2.35. The van der Waals surface area contributed by atoms with E-state index in [1.54, 1.807) is 6.20 Å². The van der Waals surface area contributed by atoms with Crippen molar-refractivity contribution in [2.75, 3.05) is 7.05 Å². The van der Waals surface area contributed by atoms with Crippen molar-refractivity contribution in [3.8, 4) is 0 Å². The molecule has 1 amide bonds. The van der Waals surface area contributed by atoms with E-state index in [9.17, 15) is 4.79 Å². The van der Waals surface area contributed by atoms with E-state index in [1.807, 2.05) is 28.9 Å². The fourth-order valence-electron chi connectivity index (χ4n) is 3.94. The number of aromatic nitrogens is 2. The number of nitrogens with zero attached hydrogens (tertiary/aromatic N) is 3. The first-order valence-corrected chi connectivity index (χ1v) is 8.52. The van der Waals surface area contributed by atoms with Crippen LogP contribution in [0.4, 0.5) is 0 Å². The maximum atomic E-state index is 13.1. The van der Waals surface area contributed by atoms with E-state index in [2.05, 4.69) is 29.4 Å². The molecule has 1 aromatic carbocycles. The molecular formula is C19H23N3O. The van der Waals surface area contributed by atoms with E-state index < -0.39 is 0 Å². The van der Waals surface area contributed by atoms with E-state index >= 15 is 0 Å². The molecule has 2 aliphatic rings. The monoisotopic (exact) mass is 309 g/mol. The van der Waals surface area contributed by atoms with Crippen LogP contribution in [0.15, 0.2) is 42.7 Å². The summed E-state index contributed by atoms with van der Waals surface area (Å²) in [5.41, 5.74) is 2.51. The number of amides is 1. The predicted octanol–water partition coefficient (Wildman–Crippen LogP) is 3.20. The van der Waals surface area contributed by atoms with Crippen LogP contribution in [0.5, 0.6) is 0 Å². The number of carbonyl (C=O) groups is 1. The summed E-state index contributed by atoms with van der Waals surface area (Å²) < 4.78 is 1.90. The molecule has 1 unspecified atom stereocenters. The third-order valence-corrected chi connectivity index (χ3v) is 5.46. The molecule has 0 bridgehead atoms. The smallest absolute Gasteiger partial charge is 0.230 e. The number of aryl methyl sites for hydroxylation is 1. The van der Waals surface area contributed by atoms with Crippen molar-refractivity contribution < 1.29 is 4.79 Å². The van der Waals surface area contributed by atoms with Gasteiger partial charge in [-0.3, -0.25) is 9.48 Å². The maximum absolute atomic E-state index is 13.1. The van der Waals surface area contributed by atoms with Gasteiger partial charge in [-0.25, -0.2) is 0 Å². The minimum absolute atomic E-state index is 0.225. The first kappa shape index (κ1) is 14.5. The van der Waals surface area contributed by atoms with Gasteiger partial charge in [0.1, 0.15) is 0 Å². The van der Waals surface area contributed by atoms with Gasteiger partial charge in [-0.05, 0) is 49.3 Å². The van der Waals surface area contributed by atoms with Crippen LogP contribution in [-0.2, 0) is 17.8 Å². The predicted molar refractivity (Wildman–Crippen MR) is 88.8 cm³/mol. The van der Waals surface area contributed by atoms with Crippen LogP contribution in [0.1, 0.15) is 42.9 Å². The Kier molecular flexibility index (Phi) is 3.47. The lowest BCUT2D eigenvalue weighted by molar-refractivity contribution is -0.139. The van der Waals surface area contributed by atoms with Crippen molar-refractivity contribution in [2.45, 2.75) is 44.7 Å². The Morgan fingerprint density at radius 3 is 2.91 bits per heavy atom. The van der Waals surface area contributed by atoms with Gasteiger partial charge in [-0.2, -0.15) is 5.10 Å². The Bertz CT molecular complexity index is 703. The molecule has 4 rings (SSSR count). The average Bonchev–Trinajstić information content (AvgIpc) is 3.19. The number of hydrogen-bond donors (Lipinski definition) is 0. The summed E-state index contributed by atoms with van der Waals surface area (Å²) in [5.74, 6) is 0.287. The van der Waals surface area contributed by atoms with Crippen molar-refractivity contribution in [1.29, 1.82) is 0 Å². The van der Waals surface area contributed by atoms with Crippen molar-refractivity contribution in [1.82, 2.24) is 14.7 Å². The quantitative estimate of drug-likeness (QED) is 0.870. The topological polar surface area (TPSA) is 38.1 Å². The highest BCUT2D eigenvalue weighted by molar-refractivity contribution is 5.85. The van der Waals surface area contributed by atoms with Crippen LogP contribution in [0.3, 0.4) is 0 Å². The zero-order valence-electron chi connectivity index (χ0n) is 13.6. The molecule has 0 saturated heterocycles. The highest BCUT2D eigenvalue weighted by Crippen LogP contribution is 2.50. The summed E-state index contributed by atoms with van der Waals surface area (Å²) in [6, 6.07) is 10.7. The molecule has 0 aliphatic heterocycles. The number of fused-ring (bicyclic) bond motifs is 1.